The van der Waals surface area contributed by atoms with Crippen molar-refractivity contribution in [3.05, 3.63) is 57.6 Å². The first-order valence-corrected chi connectivity index (χ1v) is 6.93. The molecule has 2 aromatic carbocycles. The van der Waals surface area contributed by atoms with Crippen molar-refractivity contribution in [2.24, 2.45) is 0 Å². The van der Waals surface area contributed by atoms with Crippen LogP contribution in [0.2, 0.25) is 0 Å². The fraction of sp³-hybridized carbons (Fsp3) is 0.222. The van der Waals surface area contributed by atoms with Gasteiger partial charge in [0.2, 0.25) is 0 Å². The molecule has 0 aliphatic heterocycles. The molecule has 4 heteroatoms. The van der Waals surface area contributed by atoms with Crippen LogP contribution in [-0.4, -0.2) is 22.2 Å². The van der Waals surface area contributed by atoms with Crippen molar-refractivity contribution in [1.29, 1.82) is 0 Å². The quantitative estimate of drug-likeness (QED) is 0.898. The topological polar surface area (TPSA) is 74.6 Å². The lowest BCUT2D eigenvalue weighted by atomic mass is 9.84. The summed E-state index contributed by atoms with van der Waals surface area (Å²) in [6.07, 6.45) is 0. The van der Waals surface area contributed by atoms with E-state index in [9.17, 15) is 19.8 Å². The van der Waals surface area contributed by atoms with E-state index in [1.54, 1.807) is 25.1 Å². The van der Waals surface area contributed by atoms with Crippen LogP contribution >= 0.6 is 0 Å². The van der Waals surface area contributed by atoms with E-state index in [2.05, 4.69) is 0 Å². The first-order valence-electron chi connectivity index (χ1n) is 6.93. The fourth-order valence-corrected chi connectivity index (χ4v) is 2.80. The number of carbonyl (C=O) groups is 2. The zero-order chi connectivity index (χ0) is 16.6. The molecular formula is C18H18O4. The van der Waals surface area contributed by atoms with Crippen LogP contribution in [0.1, 0.15) is 43.0 Å². The third-order valence-corrected chi connectivity index (χ3v) is 4.33. The highest BCUT2D eigenvalue weighted by Crippen LogP contribution is 2.36. The Morgan fingerprint density at radius 2 is 1.32 bits per heavy atom. The van der Waals surface area contributed by atoms with Crippen LogP contribution in [0.25, 0.3) is 11.1 Å². The maximum atomic E-state index is 11.8. The largest absolute Gasteiger partial charge is 0.478 e. The number of rotatable bonds is 3. The summed E-state index contributed by atoms with van der Waals surface area (Å²) in [7, 11) is 0. The van der Waals surface area contributed by atoms with Crippen molar-refractivity contribution in [2.75, 3.05) is 0 Å². The van der Waals surface area contributed by atoms with Gasteiger partial charge in [-0.05, 0) is 61.6 Å². The van der Waals surface area contributed by atoms with Gasteiger partial charge in [0.15, 0.2) is 0 Å². The van der Waals surface area contributed by atoms with Gasteiger partial charge < -0.3 is 10.2 Å². The van der Waals surface area contributed by atoms with Crippen molar-refractivity contribution < 1.29 is 19.8 Å². The molecule has 0 bridgehead atoms. The van der Waals surface area contributed by atoms with Gasteiger partial charge in [0.25, 0.3) is 0 Å². The van der Waals surface area contributed by atoms with Crippen LogP contribution in [-0.2, 0) is 0 Å². The Labute approximate surface area is 129 Å². The van der Waals surface area contributed by atoms with Crippen LogP contribution < -0.4 is 0 Å². The summed E-state index contributed by atoms with van der Waals surface area (Å²) in [6, 6.07) is 6.51. The Bertz CT molecular complexity index is 788. The molecule has 0 aliphatic carbocycles. The van der Waals surface area contributed by atoms with E-state index in [4.69, 9.17) is 0 Å². The van der Waals surface area contributed by atoms with Gasteiger partial charge in [-0.1, -0.05) is 18.2 Å². The third kappa shape index (κ3) is 2.37. The number of carboxylic acid groups (broad SMARTS) is 2. The Hall–Kier alpha value is -2.62. The van der Waals surface area contributed by atoms with Crippen molar-refractivity contribution in [3.8, 4) is 11.1 Å². The zero-order valence-electron chi connectivity index (χ0n) is 13.0. The molecule has 0 saturated heterocycles. The lowest BCUT2D eigenvalue weighted by molar-refractivity contribution is 0.0683. The van der Waals surface area contributed by atoms with Gasteiger partial charge in [0, 0.05) is 5.56 Å². The average Bonchev–Trinajstić information content (AvgIpc) is 2.48. The minimum absolute atomic E-state index is 0.107. The number of carboxylic acids is 2. The summed E-state index contributed by atoms with van der Waals surface area (Å²) in [5.41, 5.74) is 4.59. The summed E-state index contributed by atoms with van der Waals surface area (Å²) in [5.74, 6) is -2.11. The van der Waals surface area contributed by atoms with Crippen molar-refractivity contribution >= 4 is 11.9 Å². The second-order valence-electron chi connectivity index (χ2n) is 5.41. The van der Waals surface area contributed by atoms with Crippen LogP contribution in [0.3, 0.4) is 0 Å². The molecular weight excluding hydrogens is 280 g/mol. The smallest absolute Gasteiger partial charge is 0.336 e. The molecule has 0 spiro atoms. The van der Waals surface area contributed by atoms with Crippen molar-refractivity contribution in [2.45, 2.75) is 27.7 Å². The van der Waals surface area contributed by atoms with Gasteiger partial charge in [-0.25, -0.2) is 9.59 Å². The molecule has 4 nitrogen and oxygen atoms in total. The third-order valence-electron chi connectivity index (χ3n) is 4.33. The van der Waals surface area contributed by atoms with E-state index in [1.165, 1.54) is 6.07 Å². The SMILES string of the molecule is Cc1c(C)c(C)c(-c2ccccc2C(=O)O)c(C(=O)O)c1C. The number of hydrogen-bond acceptors (Lipinski definition) is 2. The first-order chi connectivity index (χ1) is 10.3. The normalized spacial score (nSPS) is 10.5. The highest BCUT2D eigenvalue weighted by Gasteiger charge is 2.24. The highest BCUT2D eigenvalue weighted by atomic mass is 16.4. The minimum Gasteiger partial charge on any atom is -0.478 e. The van der Waals surface area contributed by atoms with Gasteiger partial charge in [0.05, 0.1) is 11.1 Å². The Morgan fingerprint density at radius 3 is 1.86 bits per heavy atom. The van der Waals surface area contributed by atoms with Gasteiger partial charge in [0.1, 0.15) is 0 Å². The molecule has 2 rings (SSSR count). The number of hydrogen-bond donors (Lipinski definition) is 2. The molecule has 2 aromatic rings. The average molecular weight is 298 g/mol. The molecule has 0 radical (unpaired) electrons. The Balaban J connectivity index is 2.99. The van der Waals surface area contributed by atoms with Crippen LogP contribution in [0, 0.1) is 27.7 Å². The molecule has 0 aromatic heterocycles. The van der Waals surface area contributed by atoms with E-state index in [0.717, 1.165) is 16.7 Å². The van der Waals surface area contributed by atoms with Gasteiger partial charge >= 0.3 is 11.9 Å². The van der Waals surface area contributed by atoms with E-state index in [0.29, 0.717) is 16.7 Å². The van der Waals surface area contributed by atoms with Gasteiger partial charge in [-0.3, -0.25) is 0 Å². The predicted octanol–water partition coefficient (Wildman–Crippen LogP) is 3.98. The lowest BCUT2D eigenvalue weighted by Crippen LogP contribution is -2.10. The zero-order valence-corrected chi connectivity index (χ0v) is 13.0. The maximum Gasteiger partial charge on any atom is 0.336 e. The molecule has 0 amide bonds. The molecule has 0 aliphatic rings. The maximum absolute atomic E-state index is 11.8. The van der Waals surface area contributed by atoms with Crippen LogP contribution in [0.5, 0.6) is 0 Å². The highest BCUT2D eigenvalue weighted by molar-refractivity contribution is 6.04. The first kappa shape index (κ1) is 15.8. The van der Waals surface area contributed by atoms with Crippen LogP contribution in [0.4, 0.5) is 0 Å². The molecule has 0 fully saturated rings. The monoisotopic (exact) mass is 298 g/mol. The number of benzene rings is 2. The Kier molecular flexibility index (Phi) is 4.04. The summed E-state index contributed by atoms with van der Waals surface area (Å²) < 4.78 is 0. The molecule has 2 N–H and O–H groups in total. The fourth-order valence-electron chi connectivity index (χ4n) is 2.80. The molecule has 0 unspecified atom stereocenters. The molecule has 0 saturated carbocycles. The summed E-state index contributed by atoms with van der Waals surface area (Å²) in [4.78, 5) is 23.2. The van der Waals surface area contributed by atoms with E-state index < -0.39 is 11.9 Å². The van der Waals surface area contributed by atoms with Crippen molar-refractivity contribution in [3.63, 3.8) is 0 Å². The summed E-state index contributed by atoms with van der Waals surface area (Å²) in [6.45, 7) is 7.41. The standard InChI is InChI=1S/C18H18O4/c1-9-10(2)12(4)16(18(21)22)15(11(9)3)13-7-5-6-8-14(13)17(19)20/h5-8H,1-4H3,(H,19,20)(H,21,22). The van der Waals surface area contributed by atoms with Crippen molar-refractivity contribution in [1.82, 2.24) is 0 Å². The van der Waals surface area contributed by atoms with E-state index in [-0.39, 0.29) is 11.1 Å². The van der Waals surface area contributed by atoms with Gasteiger partial charge in [-0.15, -0.1) is 0 Å². The second-order valence-corrected chi connectivity index (χ2v) is 5.41. The summed E-state index contributed by atoms with van der Waals surface area (Å²) >= 11 is 0. The van der Waals surface area contributed by atoms with Crippen LogP contribution in [0.15, 0.2) is 24.3 Å². The van der Waals surface area contributed by atoms with E-state index >= 15 is 0 Å². The minimum atomic E-state index is -1.07. The lowest BCUT2D eigenvalue weighted by Gasteiger charge is -2.19. The Morgan fingerprint density at radius 1 is 0.773 bits per heavy atom. The van der Waals surface area contributed by atoms with E-state index in [1.807, 2.05) is 20.8 Å². The molecule has 22 heavy (non-hydrogen) atoms. The summed E-state index contributed by atoms with van der Waals surface area (Å²) in [5, 5.41) is 19.0. The number of aromatic carboxylic acids is 2. The molecule has 0 atom stereocenters. The van der Waals surface area contributed by atoms with Gasteiger partial charge in [-0.2, -0.15) is 0 Å². The predicted molar refractivity (Wildman–Crippen MR) is 84.7 cm³/mol. The second kappa shape index (κ2) is 5.64. The molecule has 114 valence electrons. The molecule has 0 heterocycles.